The third-order valence-electron chi connectivity index (χ3n) is 2.81. The van der Waals surface area contributed by atoms with Gasteiger partial charge in [0, 0.05) is 38.4 Å². The van der Waals surface area contributed by atoms with Crippen LogP contribution < -0.4 is 5.32 Å². The van der Waals surface area contributed by atoms with Gasteiger partial charge in [-0.05, 0) is 18.6 Å². The monoisotopic (exact) mass is 261 g/mol. The Labute approximate surface area is 108 Å². The zero-order chi connectivity index (χ0) is 10.7. The first-order valence-corrected chi connectivity index (χ1v) is 5.69. The van der Waals surface area contributed by atoms with Gasteiger partial charge in [-0.3, -0.25) is 4.90 Å². The van der Waals surface area contributed by atoms with Gasteiger partial charge < -0.3 is 5.32 Å². The Balaban J connectivity index is 0.00000128. The van der Waals surface area contributed by atoms with E-state index < -0.39 is 0 Å². The molecular formula is C11H17Cl2N3. The Hall–Kier alpha value is -0.350. The summed E-state index contributed by atoms with van der Waals surface area (Å²) in [7, 11) is 0. The third kappa shape index (κ3) is 3.59. The summed E-state index contributed by atoms with van der Waals surface area (Å²) in [6, 6.07) is 4.49. The second-order valence-electron chi connectivity index (χ2n) is 4.01. The molecule has 1 aliphatic heterocycles. The number of aromatic nitrogens is 1. The van der Waals surface area contributed by atoms with E-state index >= 15 is 0 Å². The van der Waals surface area contributed by atoms with Gasteiger partial charge in [0.1, 0.15) is 5.15 Å². The summed E-state index contributed by atoms with van der Waals surface area (Å²) in [4.78, 5) is 6.55. The fourth-order valence-electron chi connectivity index (χ4n) is 1.85. The number of piperazine rings is 1. The van der Waals surface area contributed by atoms with Crippen LogP contribution in [-0.4, -0.2) is 35.6 Å². The fourth-order valence-corrected chi connectivity index (χ4v) is 1.96. The van der Waals surface area contributed by atoms with Crippen LogP contribution in [0.4, 0.5) is 0 Å². The summed E-state index contributed by atoms with van der Waals surface area (Å²) in [5, 5.41) is 3.94. The van der Waals surface area contributed by atoms with Gasteiger partial charge in [0.15, 0.2) is 0 Å². The topological polar surface area (TPSA) is 28.2 Å². The molecular weight excluding hydrogens is 245 g/mol. The average molecular weight is 262 g/mol. The van der Waals surface area contributed by atoms with Crippen LogP contribution in [-0.2, 0) is 6.54 Å². The Morgan fingerprint density at radius 2 is 2.38 bits per heavy atom. The Morgan fingerprint density at radius 1 is 1.56 bits per heavy atom. The summed E-state index contributed by atoms with van der Waals surface area (Å²) in [6.07, 6.45) is 1.86. The number of hydrogen-bond donors (Lipinski definition) is 1. The van der Waals surface area contributed by atoms with Crippen molar-refractivity contribution >= 4 is 24.0 Å². The van der Waals surface area contributed by atoms with E-state index in [2.05, 4.69) is 22.1 Å². The van der Waals surface area contributed by atoms with Crippen molar-refractivity contribution in [3.8, 4) is 0 Å². The number of nitrogens with zero attached hydrogens (tertiary/aromatic N) is 2. The summed E-state index contributed by atoms with van der Waals surface area (Å²) in [5.41, 5.74) is 1.23. The average Bonchev–Trinajstić information content (AvgIpc) is 2.25. The second kappa shape index (κ2) is 6.40. The fraction of sp³-hybridized carbons (Fsp3) is 0.545. The highest BCUT2D eigenvalue weighted by Crippen LogP contribution is 2.11. The normalized spacial score (nSPS) is 21.5. The standard InChI is InChI=1S/C11H16ClN3.ClH/c1-9-6-13-4-5-15(9)8-10-2-3-11(12)14-7-10;/h2-3,7,9,13H,4-6,8H2,1H3;1H. The molecule has 1 N–H and O–H groups in total. The van der Waals surface area contributed by atoms with Crippen LogP contribution in [0.3, 0.4) is 0 Å². The van der Waals surface area contributed by atoms with Crippen LogP contribution in [0.25, 0.3) is 0 Å². The Kier molecular flexibility index (Phi) is 5.49. The molecule has 0 spiro atoms. The van der Waals surface area contributed by atoms with E-state index in [0.717, 1.165) is 26.2 Å². The summed E-state index contributed by atoms with van der Waals surface area (Å²) < 4.78 is 0. The minimum absolute atomic E-state index is 0. The highest BCUT2D eigenvalue weighted by molar-refractivity contribution is 6.29. The van der Waals surface area contributed by atoms with Gasteiger partial charge in [-0.15, -0.1) is 12.4 Å². The van der Waals surface area contributed by atoms with Crippen molar-refractivity contribution in [3.05, 3.63) is 29.0 Å². The molecule has 2 rings (SSSR count). The lowest BCUT2D eigenvalue weighted by Gasteiger charge is -2.33. The molecule has 16 heavy (non-hydrogen) atoms. The van der Waals surface area contributed by atoms with Crippen LogP contribution in [0.2, 0.25) is 5.15 Å². The largest absolute Gasteiger partial charge is 0.314 e. The van der Waals surface area contributed by atoms with E-state index in [1.54, 1.807) is 0 Å². The first-order valence-electron chi connectivity index (χ1n) is 5.31. The molecule has 0 amide bonds. The van der Waals surface area contributed by atoms with E-state index in [-0.39, 0.29) is 12.4 Å². The number of rotatable bonds is 2. The van der Waals surface area contributed by atoms with Crippen LogP contribution in [0.15, 0.2) is 18.3 Å². The zero-order valence-corrected chi connectivity index (χ0v) is 10.9. The summed E-state index contributed by atoms with van der Waals surface area (Å²) in [5.74, 6) is 0. The van der Waals surface area contributed by atoms with Crippen molar-refractivity contribution in [2.75, 3.05) is 19.6 Å². The minimum Gasteiger partial charge on any atom is -0.314 e. The second-order valence-corrected chi connectivity index (χ2v) is 4.40. The van der Waals surface area contributed by atoms with Crippen molar-refractivity contribution in [3.63, 3.8) is 0 Å². The van der Waals surface area contributed by atoms with Gasteiger partial charge in [-0.25, -0.2) is 4.98 Å². The predicted octanol–water partition coefficient (Wildman–Crippen LogP) is 1.95. The quantitative estimate of drug-likeness (QED) is 0.826. The molecule has 1 atom stereocenters. The highest BCUT2D eigenvalue weighted by Gasteiger charge is 2.17. The van der Waals surface area contributed by atoms with E-state index in [1.165, 1.54) is 5.56 Å². The predicted molar refractivity (Wildman–Crippen MR) is 69.2 cm³/mol. The van der Waals surface area contributed by atoms with Crippen molar-refractivity contribution < 1.29 is 0 Å². The third-order valence-corrected chi connectivity index (χ3v) is 3.04. The van der Waals surface area contributed by atoms with Crippen LogP contribution in [0.5, 0.6) is 0 Å². The van der Waals surface area contributed by atoms with Gasteiger partial charge in [0.05, 0.1) is 0 Å². The van der Waals surface area contributed by atoms with E-state index in [9.17, 15) is 0 Å². The Bertz CT molecular complexity index is 316. The van der Waals surface area contributed by atoms with E-state index in [0.29, 0.717) is 11.2 Å². The molecule has 1 aliphatic rings. The van der Waals surface area contributed by atoms with Gasteiger partial charge in [0.2, 0.25) is 0 Å². The van der Waals surface area contributed by atoms with E-state index in [4.69, 9.17) is 11.6 Å². The molecule has 0 aromatic carbocycles. The van der Waals surface area contributed by atoms with Gasteiger partial charge >= 0.3 is 0 Å². The van der Waals surface area contributed by atoms with Crippen LogP contribution >= 0.6 is 24.0 Å². The van der Waals surface area contributed by atoms with Crippen molar-refractivity contribution in [1.29, 1.82) is 0 Å². The molecule has 5 heteroatoms. The van der Waals surface area contributed by atoms with Crippen molar-refractivity contribution in [1.82, 2.24) is 15.2 Å². The lowest BCUT2D eigenvalue weighted by Crippen LogP contribution is -2.49. The number of nitrogens with one attached hydrogen (secondary N) is 1. The molecule has 1 fully saturated rings. The first kappa shape index (κ1) is 13.7. The number of pyridine rings is 1. The molecule has 0 radical (unpaired) electrons. The lowest BCUT2D eigenvalue weighted by molar-refractivity contribution is 0.165. The highest BCUT2D eigenvalue weighted by atomic mass is 35.5. The van der Waals surface area contributed by atoms with Crippen molar-refractivity contribution in [2.45, 2.75) is 19.5 Å². The molecule has 1 unspecified atom stereocenters. The van der Waals surface area contributed by atoms with Gasteiger partial charge in [-0.1, -0.05) is 17.7 Å². The molecule has 1 saturated heterocycles. The van der Waals surface area contributed by atoms with Crippen LogP contribution in [0, 0.1) is 0 Å². The molecule has 0 aliphatic carbocycles. The number of halogens is 2. The van der Waals surface area contributed by atoms with Crippen molar-refractivity contribution in [2.24, 2.45) is 0 Å². The first-order chi connectivity index (χ1) is 7.25. The SMILES string of the molecule is CC1CNCCN1Cc1ccc(Cl)nc1.Cl. The summed E-state index contributed by atoms with van der Waals surface area (Å²) >= 11 is 5.75. The molecule has 90 valence electrons. The zero-order valence-electron chi connectivity index (χ0n) is 9.32. The molecule has 0 saturated carbocycles. The maximum absolute atomic E-state index is 5.75. The smallest absolute Gasteiger partial charge is 0.129 e. The molecule has 1 aromatic heterocycles. The molecule has 2 heterocycles. The minimum atomic E-state index is 0. The molecule has 3 nitrogen and oxygen atoms in total. The maximum Gasteiger partial charge on any atom is 0.129 e. The van der Waals surface area contributed by atoms with Crippen LogP contribution in [0.1, 0.15) is 12.5 Å². The van der Waals surface area contributed by atoms with Gasteiger partial charge in [-0.2, -0.15) is 0 Å². The maximum atomic E-state index is 5.75. The molecule has 0 bridgehead atoms. The Morgan fingerprint density at radius 3 is 3.00 bits per heavy atom. The van der Waals surface area contributed by atoms with Gasteiger partial charge in [0.25, 0.3) is 0 Å². The number of hydrogen-bond acceptors (Lipinski definition) is 3. The summed E-state index contributed by atoms with van der Waals surface area (Å²) in [6.45, 7) is 6.46. The lowest BCUT2D eigenvalue weighted by atomic mass is 10.2. The van der Waals surface area contributed by atoms with E-state index in [1.807, 2.05) is 18.3 Å². The molecule has 1 aromatic rings.